The van der Waals surface area contributed by atoms with Crippen LogP contribution in [-0.4, -0.2) is 15.0 Å². The van der Waals surface area contributed by atoms with Crippen LogP contribution in [-0.2, 0) is 0 Å². The fourth-order valence-corrected chi connectivity index (χ4v) is 2.43. The first-order chi connectivity index (χ1) is 10.9. The van der Waals surface area contributed by atoms with Gasteiger partial charge in [0.1, 0.15) is 5.52 Å². The van der Waals surface area contributed by atoms with Crippen LogP contribution >= 0.6 is 0 Å². The van der Waals surface area contributed by atoms with Crippen molar-refractivity contribution in [3.05, 3.63) is 79.1 Å². The SMILES string of the molecule is c1ccc(-c2cnc3cnc(-c4ccccc4)nc3c2)cc1. The minimum atomic E-state index is 0.722. The molecule has 2 heterocycles. The van der Waals surface area contributed by atoms with E-state index in [1.807, 2.05) is 54.7 Å². The highest BCUT2D eigenvalue weighted by molar-refractivity contribution is 5.81. The molecule has 0 aliphatic rings. The van der Waals surface area contributed by atoms with Crippen molar-refractivity contribution < 1.29 is 0 Å². The number of hydrogen-bond donors (Lipinski definition) is 0. The Kier molecular flexibility index (Phi) is 3.09. The first-order valence-corrected chi connectivity index (χ1v) is 7.14. The Bertz CT molecular complexity index is 845. The highest BCUT2D eigenvalue weighted by Gasteiger charge is 2.05. The third-order valence-corrected chi connectivity index (χ3v) is 3.57. The standard InChI is InChI=1S/C19H13N3/c1-3-7-14(8-4-1)16-11-17-18(20-12-16)13-21-19(22-17)15-9-5-2-6-10-15/h1-13H. The Morgan fingerprint density at radius 1 is 0.545 bits per heavy atom. The molecule has 0 N–H and O–H groups in total. The molecule has 0 aliphatic carbocycles. The van der Waals surface area contributed by atoms with Gasteiger partial charge in [-0.25, -0.2) is 9.97 Å². The van der Waals surface area contributed by atoms with Crippen molar-refractivity contribution in [2.24, 2.45) is 0 Å². The summed E-state index contributed by atoms with van der Waals surface area (Å²) in [6.45, 7) is 0. The van der Waals surface area contributed by atoms with Crippen LogP contribution in [0.4, 0.5) is 0 Å². The van der Waals surface area contributed by atoms with Crippen LogP contribution in [0.3, 0.4) is 0 Å². The number of pyridine rings is 1. The fourth-order valence-electron chi connectivity index (χ4n) is 2.43. The molecule has 4 rings (SSSR count). The average molecular weight is 283 g/mol. The molecule has 0 fully saturated rings. The first-order valence-electron chi connectivity index (χ1n) is 7.14. The van der Waals surface area contributed by atoms with Crippen molar-refractivity contribution in [2.75, 3.05) is 0 Å². The molecule has 2 aromatic heterocycles. The zero-order chi connectivity index (χ0) is 14.8. The van der Waals surface area contributed by atoms with Crippen molar-refractivity contribution in [1.82, 2.24) is 15.0 Å². The van der Waals surface area contributed by atoms with Crippen LogP contribution in [0, 0.1) is 0 Å². The Morgan fingerprint density at radius 3 is 1.95 bits per heavy atom. The van der Waals surface area contributed by atoms with Crippen molar-refractivity contribution >= 4 is 11.0 Å². The smallest absolute Gasteiger partial charge is 0.159 e. The van der Waals surface area contributed by atoms with Gasteiger partial charge in [0.2, 0.25) is 0 Å². The van der Waals surface area contributed by atoms with Crippen LogP contribution in [0.25, 0.3) is 33.5 Å². The van der Waals surface area contributed by atoms with E-state index in [0.717, 1.165) is 33.5 Å². The predicted octanol–water partition coefficient (Wildman–Crippen LogP) is 4.36. The van der Waals surface area contributed by atoms with E-state index < -0.39 is 0 Å². The Morgan fingerprint density at radius 2 is 1.23 bits per heavy atom. The summed E-state index contributed by atoms with van der Waals surface area (Å²) in [7, 11) is 0. The summed E-state index contributed by atoms with van der Waals surface area (Å²) < 4.78 is 0. The van der Waals surface area contributed by atoms with Gasteiger partial charge in [-0.05, 0) is 11.6 Å². The molecular weight excluding hydrogens is 270 g/mol. The lowest BCUT2D eigenvalue weighted by atomic mass is 10.1. The second kappa shape index (κ2) is 5.37. The van der Waals surface area contributed by atoms with Crippen LogP contribution in [0.2, 0.25) is 0 Å². The van der Waals surface area contributed by atoms with Crippen LogP contribution in [0.1, 0.15) is 0 Å². The second-order valence-electron chi connectivity index (χ2n) is 5.05. The fraction of sp³-hybridized carbons (Fsp3) is 0. The van der Waals surface area contributed by atoms with E-state index in [1.165, 1.54) is 0 Å². The summed E-state index contributed by atoms with van der Waals surface area (Å²) in [5, 5.41) is 0. The number of fused-ring (bicyclic) bond motifs is 1. The normalized spacial score (nSPS) is 10.7. The lowest BCUT2D eigenvalue weighted by molar-refractivity contribution is 1.20. The highest BCUT2D eigenvalue weighted by atomic mass is 14.9. The largest absolute Gasteiger partial charge is 0.252 e. The van der Waals surface area contributed by atoms with Gasteiger partial charge in [0.15, 0.2) is 5.82 Å². The molecule has 0 amide bonds. The number of nitrogens with zero attached hydrogens (tertiary/aromatic N) is 3. The molecule has 4 aromatic rings. The highest BCUT2D eigenvalue weighted by Crippen LogP contribution is 2.23. The molecule has 104 valence electrons. The van der Waals surface area contributed by atoms with Gasteiger partial charge in [0.05, 0.1) is 11.7 Å². The lowest BCUT2D eigenvalue weighted by Crippen LogP contribution is -1.92. The molecule has 0 radical (unpaired) electrons. The minimum absolute atomic E-state index is 0.722. The van der Waals surface area contributed by atoms with E-state index in [2.05, 4.69) is 33.2 Å². The summed E-state index contributed by atoms with van der Waals surface area (Å²) in [6, 6.07) is 22.2. The molecule has 0 atom stereocenters. The Labute approximate surface area is 128 Å². The van der Waals surface area contributed by atoms with Gasteiger partial charge in [0, 0.05) is 17.3 Å². The van der Waals surface area contributed by atoms with Gasteiger partial charge in [0.25, 0.3) is 0 Å². The van der Waals surface area contributed by atoms with Crippen LogP contribution in [0.15, 0.2) is 79.1 Å². The summed E-state index contributed by atoms with van der Waals surface area (Å²) in [4.78, 5) is 13.5. The van der Waals surface area contributed by atoms with Gasteiger partial charge < -0.3 is 0 Å². The summed E-state index contributed by atoms with van der Waals surface area (Å²) in [6.07, 6.45) is 3.64. The Balaban J connectivity index is 1.85. The molecule has 0 saturated carbocycles. The van der Waals surface area contributed by atoms with E-state index >= 15 is 0 Å². The van der Waals surface area contributed by atoms with Gasteiger partial charge in [-0.1, -0.05) is 60.7 Å². The predicted molar refractivity (Wildman–Crippen MR) is 88.2 cm³/mol. The van der Waals surface area contributed by atoms with E-state index in [1.54, 1.807) is 6.20 Å². The first kappa shape index (κ1) is 12.7. The monoisotopic (exact) mass is 283 g/mol. The molecule has 0 unspecified atom stereocenters. The zero-order valence-corrected chi connectivity index (χ0v) is 11.8. The molecule has 0 saturated heterocycles. The van der Waals surface area contributed by atoms with Gasteiger partial charge in [-0.2, -0.15) is 0 Å². The topological polar surface area (TPSA) is 38.7 Å². The van der Waals surface area contributed by atoms with Gasteiger partial charge >= 0.3 is 0 Å². The van der Waals surface area contributed by atoms with Crippen molar-refractivity contribution in [3.63, 3.8) is 0 Å². The Hall–Kier alpha value is -3.07. The maximum absolute atomic E-state index is 4.66. The molecule has 2 aromatic carbocycles. The van der Waals surface area contributed by atoms with Crippen molar-refractivity contribution in [2.45, 2.75) is 0 Å². The zero-order valence-electron chi connectivity index (χ0n) is 11.8. The van der Waals surface area contributed by atoms with E-state index in [4.69, 9.17) is 0 Å². The maximum Gasteiger partial charge on any atom is 0.159 e. The number of benzene rings is 2. The number of hydrogen-bond acceptors (Lipinski definition) is 3. The third-order valence-electron chi connectivity index (χ3n) is 3.57. The average Bonchev–Trinajstić information content (AvgIpc) is 2.62. The third kappa shape index (κ3) is 2.33. The molecule has 22 heavy (non-hydrogen) atoms. The molecule has 0 aliphatic heterocycles. The number of rotatable bonds is 2. The second-order valence-corrected chi connectivity index (χ2v) is 5.05. The molecule has 3 nitrogen and oxygen atoms in total. The van der Waals surface area contributed by atoms with Crippen molar-refractivity contribution in [3.8, 4) is 22.5 Å². The lowest BCUT2D eigenvalue weighted by Gasteiger charge is -2.05. The quantitative estimate of drug-likeness (QED) is 0.548. The van der Waals surface area contributed by atoms with Gasteiger partial charge in [-0.3, -0.25) is 4.98 Å². The van der Waals surface area contributed by atoms with Gasteiger partial charge in [-0.15, -0.1) is 0 Å². The maximum atomic E-state index is 4.66. The number of aromatic nitrogens is 3. The summed E-state index contributed by atoms with van der Waals surface area (Å²) in [5.41, 5.74) is 4.87. The molecule has 0 spiro atoms. The summed E-state index contributed by atoms with van der Waals surface area (Å²) >= 11 is 0. The van der Waals surface area contributed by atoms with Crippen LogP contribution < -0.4 is 0 Å². The molecule has 3 heteroatoms. The van der Waals surface area contributed by atoms with E-state index in [9.17, 15) is 0 Å². The van der Waals surface area contributed by atoms with Crippen LogP contribution in [0.5, 0.6) is 0 Å². The van der Waals surface area contributed by atoms with E-state index in [-0.39, 0.29) is 0 Å². The molecular formula is C19H13N3. The summed E-state index contributed by atoms with van der Waals surface area (Å²) in [5.74, 6) is 0.722. The van der Waals surface area contributed by atoms with Crippen molar-refractivity contribution in [1.29, 1.82) is 0 Å². The molecule has 0 bridgehead atoms. The minimum Gasteiger partial charge on any atom is -0.252 e. The van der Waals surface area contributed by atoms with E-state index in [0.29, 0.717) is 0 Å².